The van der Waals surface area contributed by atoms with Crippen molar-refractivity contribution in [3.8, 4) is 11.1 Å². The third kappa shape index (κ3) is 4.26. The van der Waals surface area contributed by atoms with Gasteiger partial charge < -0.3 is 4.74 Å². The zero-order valence-corrected chi connectivity index (χ0v) is 19.2. The second kappa shape index (κ2) is 9.47. The molecule has 5 rings (SSSR count). The summed E-state index contributed by atoms with van der Waals surface area (Å²) in [6, 6.07) is 16.0. The maximum absolute atomic E-state index is 13.7. The first-order valence-electron chi connectivity index (χ1n) is 11.8. The summed E-state index contributed by atoms with van der Waals surface area (Å²) in [4.78, 5) is 33.7. The van der Waals surface area contributed by atoms with Gasteiger partial charge in [0.2, 0.25) is 0 Å². The molecule has 0 amide bonds. The van der Waals surface area contributed by atoms with E-state index < -0.39 is 5.97 Å². The Morgan fingerprint density at radius 1 is 1.03 bits per heavy atom. The highest BCUT2D eigenvalue weighted by Crippen LogP contribution is 2.41. The number of pyridine rings is 1. The molecule has 3 aromatic rings. The molecular weight excluding hydrogens is 431 g/mol. The molecule has 2 aliphatic rings. The fourth-order valence-electron chi connectivity index (χ4n) is 5.28. The number of aromatic nitrogens is 1. The average molecular weight is 459 g/mol. The molecular formula is C28H27FN2O3. The van der Waals surface area contributed by atoms with Crippen LogP contribution < -0.4 is 0 Å². The number of hydrogen-bond donors (Lipinski definition) is 0. The molecule has 0 unspecified atom stereocenters. The number of Topliss-reactive ketones (excluding diaryl/α,β-unsaturated/α-hetero) is 1. The van der Waals surface area contributed by atoms with E-state index in [4.69, 9.17) is 9.72 Å². The number of carbonyl (C=O) groups excluding carboxylic acids is 2. The van der Waals surface area contributed by atoms with E-state index in [1.54, 1.807) is 12.1 Å². The number of carbonyl (C=O) groups is 2. The number of nitrogens with zero attached hydrogens (tertiary/aromatic N) is 2. The van der Waals surface area contributed by atoms with Crippen molar-refractivity contribution >= 4 is 11.8 Å². The van der Waals surface area contributed by atoms with Crippen LogP contribution in [0, 0.1) is 5.82 Å². The van der Waals surface area contributed by atoms with Gasteiger partial charge in [-0.3, -0.25) is 14.7 Å². The molecule has 2 heterocycles. The maximum Gasteiger partial charge on any atom is 0.340 e. The number of ketones is 1. The Kier molecular flexibility index (Phi) is 6.24. The smallest absolute Gasteiger partial charge is 0.340 e. The Hall–Kier alpha value is -3.38. The van der Waals surface area contributed by atoms with Crippen LogP contribution in [0.2, 0.25) is 0 Å². The first-order chi connectivity index (χ1) is 16.5. The normalized spacial score (nSPS) is 16.5. The van der Waals surface area contributed by atoms with Crippen molar-refractivity contribution in [2.45, 2.75) is 44.7 Å². The second-order valence-electron chi connectivity index (χ2n) is 9.10. The number of methoxy groups -OCH3 is 1. The van der Waals surface area contributed by atoms with Crippen LogP contribution in [0.4, 0.5) is 4.39 Å². The minimum absolute atomic E-state index is 0.0906. The van der Waals surface area contributed by atoms with Gasteiger partial charge in [-0.25, -0.2) is 9.18 Å². The molecule has 1 aliphatic heterocycles. The topological polar surface area (TPSA) is 59.5 Å². The first kappa shape index (κ1) is 22.4. The fraction of sp³-hybridized carbons (Fsp3) is 0.321. The van der Waals surface area contributed by atoms with E-state index in [2.05, 4.69) is 4.90 Å². The van der Waals surface area contributed by atoms with Crippen LogP contribution >= 0.6 is 0 Å². The van der Waals surface area contributed by atoms with Crippen LogP contribution in [-0.4, -0.2) is 35.3 Å². The van der Waals surface area contributed by atoms with Crippen LogP contribution in [0.25, 0.3) is 11.1 Å². The van der Waals surface area contributed by atoms with Crippen molar-refractivity contribution in [3.05, 3.63) is 88.5 Å². The minimum atomic E-state index is -0.504. The monoisotopic (exact) mass is 458 g/mol. The molecule has 0 saturated heterocycles. The maximum atomic E-state index is 13.7. The van der Waals surface area contributed by atoms with Gasteiger partial charge in [-0.1, -0.05) is 55.3 Å². The van der Waals surface area contributed by atoms with Crippen LogP contribution in [0.15, 0.2) is 54.6 Å². The number of halogens is 1. The number of fused-ring (bicyclic) bond motifs is 1. The highest BCUT2D eigenvalue weighted by Gasteiger charge is 2.35. The zero-order chi connectivity index (χ0) is 23.7. The Morgan fingerprint density at radius 2 is 1.74 bits per heavy atom. The van der Waals surface area contributed by atoms with Crippen molar-refractivity contribution in [1.29, 1.82) is 0 Å². The summed E-state index contributed by atoms with van der Waals surface area (Å²) in [5.74, 6) is -0.830. The molecule has 1 saturated carbocycles. The summed E-state index contributed by atoms with van der Waals surface area (Å²) in [6.45, 7) is 1.36. The fourth-order valence-corrected chi connectivity index (χ4v) is 5.28. The van der Waals surface area contributed by atoms with E-state index in [1.807, 2.05) is 30.3 Å². The molecule has 174 valence electrons. The van der Waals surface area contributed by atoms with E-state index in [-0.39, 0.29) is 24.1 Å². The predicted octanol–water partition coefficient (Wildman–Crippen LogP) is 5.53. The molecule has 1 fully saturated rings. The third-order valence-electron chi connectivity index (χ3n) is 6.83. The van der Waals surface area contributed by atoms with Gasteiger partial charge in [-0.2, -0.15) is 0 Å². The molecule has 6 heteroatoms. The van der Waals surface area contributed by atoms with Crippen molar-refractivity contribution in [3.63, 3.8) is 0 Å². The number of ether oxygens (including phenoxy) is 1. The highest BCUT2D eigenvalue weighted by molar-refractivity contribution is 6.11. The van der Waals surface area contributed by atoms with Crippen molar-refractivity contribution in [2.24, 2.45) is 0 Å². The van der Waals surface area contributed by atoms with Gasteiger partial charge in [0.1, 0.15) is 5.82 Å². The van der Waals surface area contributed by atoms with Gasteiger partial charge in [0.15, 0.2) is 5.78 Å². The lowest BCUT2D eigenvalue weighted by atomic mass is 9.85. The quantitative estimate of drug-likeness (QED) is 0.471. The SMILES string of the molecule is COC(=O)c1c(C2CCCC2)nc2c(c1-c1ccc(F)cc1)C(=O)CN(Cc1ccccc1)C2. The second-order valence-corrected chi connectivity index (χ2v) is 9.10. The lowest BCUT2D eigenvalue weighted by Gasteiger charge is -2.31. The molecule has 0 bridgehead atoms. The van der Waals surface area contributed by atoms with Gasteiger partial charge in [-0.05, 0) is 36.1 Å². The number of rotatable bonds is 5. The summed E-state index contributed by atoms with van der Waals surface area (Å²) in [5.41, 5.74) is 4.48. The van der Waals surface area contributed by atoms with Crippen LogP contribution in [0.5, 0.6) is 0 Å². The van der Waals surface area contributed by atoms with E-state index >= 15 is 0 Å². The van der Waals surface area contributed by atoms with Crippen LogP contribution in [0.1, 0.15) is 69.3 Å². The van der Waals surface area contributed by atoms with Crippen molar-refractivity contribution in [1.82, 2.24) is 9.88 Å². The lowest BCUT2D eigenvalue weighted by molar-refractivity contribution is 0.0599. The number of esters is 1. The molecule has 5 nitrogen and oxygen atoms in total. The Balaban J connectivity index is 1.68. The van der Waals surface area contributed by atoms with Gasteiger partial charge in [-0.15, -0.1) is 0 Å². The molecule has 0 spiro atoms. The van der Waals surface area contributed by atoms with E-state index in [1.165, 1.54) is 19.2 Å². The Bertz CT molecular complexity index is 1220. The van der Waals surface area contributed by atoms with E-state index in [0.29, 0.717) is 46.7 Å². The predicted molar refractivity (Wildman–Crippen MR) is 127 cm³/mol. The van der Waals surface area contributed by atoms with E-state index in [9.17, 15) is 14.0 Å². The molecule has 2 aromatic carbocycles. The van der Waals surface area contributed by atoms with Crippen LogP contribution in [0.3, 0.4) is 0 Å². The van der Waals surface area contributed by atoms with Gasteiger partial charge in [0.05, 0.1) is 36.2 Å². The zero-order valence-electron chi connectivity index (χ0n) is 19.2. The molecule has 0 radical (unpaired) electrons. The van der Waals surface area contributed by atoms with Gasteiger partial charge in [0.25, 0.3) is 0 Å². The van der Waals surface area contributed by atoms with Gasteiger partial charge >= 0.3 is 5.97 Å². The number of hydrogen-bond acceptors (Lipinski definition) is 5. The van der Waals surface area contributed by atoms with Crippen molar-refractivity contribution < 1.29 is 18.7 Å². The molecule has 34 heavy (non-hydrogen) atoms. The Morgan fingerprint density at radius 3 is 2.41 bits per heavy atom. The molecule has 1 aromatic heterocycles. The third-order valence-corrected chi connectivity index (χ3v) is 6.83. The largest absolute Gasteiger partial charge is 0.465 e. The Labute approximate surface area is 198 Å². The molecule has 1 aliphatic carbocycles. The average Bonchev–Trinajstić information content (AvgIpc) is 3.38. The minimum Gasteiger partial charge on any atom is -0.465 e. The molecule has 0 atom stereocenters. The standard InChI is InChI=1S/C28H27FN2O3/c1-34-28(33)26-24(19-11-13-21(29)14-12-19)25-22(30-27(26)20-9-5-6-10-20)16-31(17-23(25)32)15-18-7-3-2-4-8-18/h2-4,7-8,11-14,20H,5-6,9-10,15-17H2,1H3. The van der Waals surface area contributed by atoms with E-state index in [0.717, 1.165) is 31.2 Å². The lowest BCUT2D eigenvalue weighted by Crippen LogP contribution is -2.36. The summed E-state index contributed by atoms with van der Waals surface area (Å²) in [6.07, 6.45) is 4.05. The first-order valence-corrected chi connectivity index (χ1v) is 11.8. The summed E-state index contributed by atoms with van der Waals surface area (Å²) >= 11 is 0. The summed E-state index contributed by atoms with van der Waals surface area (Å²) in [7, 11) is 1.35. The summed E-state index contributed by atoms with van der Waals surface area (Å²) in [5, 5.41) is 0. The number of benzene rings is 2. The summed E-state index contributed by atoms with van der Waals surface area (Å²) < 4.78 is 18.9. The highest BCUT2D eigenvalue weighted by atomic mass is 19.1. The van der Waals surface area contributed by atoms with Gasteiger partial charge in [0, 0.05) is 24.6 Å². The van der Waals surface area contributed by atoms with Crippen LogP contribution in [-0.2, 0) is 17.8 Å². The van der Waals surface area contributed by atoms with Crippen molar-refractivity contribution in [2.75, 3.05) is 13.7 Å². The molecule has 0 N–H and O–H groups in total.